The zero-order valence-electron chi connectivity index (χ0n) is 13.9. The van der Waals surface area contributed by atoms with E-state index in [2.05, 4.69) is 24.1 Å². The lowest BCUT2D eigenvalue weighted by atomic mass is 9.98. The summed E-state index contributed by atoms with van der Waals surface area (Å²) in [6.07, 6.45) is 1.54. The average molecular weight is 314 g/mol. The van der Waals surface area contributed by atoms with Crippen LogP contribution in [0.4, 0.5) is 5.69 Å². The molecule has 0 saturated heterocycles. The minimum Gasteiger partial charge on any atom is -0.484 e. The molecule has 5 heteroatoms. The van der Waals surface area contributed by atoms with Gasteiger partial charge in [-0.25, -0.2) is 4.98 Å². The van der Waals surface area contributed by atoms with Gasteiger partial charge in [-0.1, -0.05) is 19.9 Å². The number of ether oxygens (including phenoxy) is 2. The van der Waals surface area contributed by atoms with Gasteiger partial charge in [0.2, 0.25) is 5.88 Å². The molecule has 0 bridgehead atoms. The maximum atomic E-state index is 11.9. The lowest BCUT2D eigenvalue weighted by molar-refractivity contribution is -0.118. The Labute approximate surface area is 136 Å². The normalized spacial score (nSPS) is 10.5. The van der Waals surface area contributed by atoms with Gasteiger partial charge in [0.25, 0.3) is 5.91 Å². The van der Waals surface area contributed by atoms with Crippen molar-refractivity contribution in [3.8, 4) is 11.6 Å². The highest BCUT2D eigenvalue weighted by atomic mass is 16.5. The molecule has 0 aliphatic carbocycles. The topological polar surface area (TPSA) is 60.5 Å². The molecule has 1 N–H and O–H groups in total. The molecule has 1 aromatic heterocycles. The molecule has 5 nitrogen and oxygen atoms in total. The number of amides is 1. The number of hydrogen-bond acceptors (Lipinski definition) is 4. The highest BCUT2D eigenvalue weighted by Crippen LogP contribution is 2.23. The van der Waals surface area contributed by atoms with E-state index in [0.717, 1.165) is 5.56 Å². The first kappa shape index (κ1) is 16.8. The molecule has 0 aliphatic heterocycles. The molecule has 1 amide bonds. The van der Waals surface area contributed by atoms with Crippen molar-refractivity contribution >= 4 is 11.6 Å². The fourth-order valence-electron chi connectivity index (χ4n) is 2.31. The second-order valence-electron chi connectivity index (χ2n) is 5.60. The summed E-state index contributed by atoms with van der Waals surface area (Å²) in [6, 6.07) is 9.30. The Morgan fingerprint density at radius 1 is 1.26 bits per heavy atom. The quantitative estimate of drug-likeness (QED) is 0.886. The number of aromatic nitrogens is 1. The molecule has 122 valence electrons. The summed E-state index contributed by atoms with van der Waals surface area (Å²) in [5.41, 5.74) is 3.05. The van der Waals surface area contributed by atoms with Crippen molar-refractivity contribution in [1.82, 2.24) is 4.98 Å². The fraction of sp³-hybridized carbons (Fsp3) is 0.333. The lowest BCUT2D eigenvalue weighted by Gasteiger charge is -2.12. The molecule has 2 rings (SSSR count). The van der Waals surface area contributed by atoms with Gasteiger partial charge < -0.3 is 14.8 Å². The van der Waals surface area contributed by atoms with Crippen LogP contribution < -0.4 is 14.8 Å². The summed E-state index contributed by atoms with van der Waals surface area (Å²) < 4.78 is 10.5. The predicted molar refractivity (Wildman–Crippen MR) is 90.2 cm³/mol. The first-order valence-corrected chi connectivity index (χ1v) is 7.53. The monoisotopic (exact) mass is 314 g/mol. The van der Waals surface area contributed by atoms with Crippen LogP contribution in [0.25, 0.3) is 0 Å². The van der Waals surface area contributed by atoms with E-state index >= 15 is 0 Å². The Morgan fingerprint density at radius 2 is 2.04 bits per heavy atom. The van der Waals surface area contributed by atoms with Crippen molar-refractivity contribution in [2.24, 2.45) is 0 Å². The Bertz CT molecular complexity index is 666. The molecule has 0 atom stereocenters. The van der Waals surface area contributed by atoms with Gasteiger partial charge in [0.05, 0.1) is 19.0 Å². The molecule has 0 fully saturated rings. The lowest BCUT2D eigenvalue weighted by Crippen LogP contribution is -2.20. The van der Waals surface area contributed by atoms with Crippen molar-refractivity contribution in [2.75, 3.05) is 19.0 Å². The van der Waals surface area contributed by atoms with Crippen molar-refractivity contribution in [3.05, 3.63) is 47.7 Å². The van der Waals surface area contributed by atoms with E-state index in [1.54, 1.807) is 19.2 Å². The Balaban J connectivity index is 1.89. The van der Waals surface area contributed by atoms with Gasteiger partial charge in [-0.3, -0.25) is 4.79 Å². The molecule has 0 radical (unpaired) electrons. The molecule has 2 aromatic rings. The molecule has 23 heavy (non-hydrogen) atoms. The highest BCUT2D eigenvalue weighted by Gasteiger charge is 2.07. The van der Waals surface area contributed by atoms with Crippen LogP contribution in [-0.2, 0) is 4.79 Å². The van der Waals surface area contributed by atoms with Gasteiger partial charge in [0, 0.05) is 6.07 Å². The van der Waals surface area contributed by atoms with Crippen molar-refractivity contribution in [1.29, 1.82) is 0 Å². The number of benzene rings is 1. The fourth-order valence-corrected chi connectivity index (χ4v) is 2.31. The summed E-state index contributed by atoms with van der Waals surface area (Å²) in [7, 11) is 1.54. The van der Waals surface area contributed by atoms with Crippen molar-refractivity contribution in [3.63, 3.8) is 0 Å². The minimum absolute atomic E-state index is 0.0491. The molecule has 0 aliphatic rings. The van der Waals surface area contributed by atoms with E-state index in [-0.39, 0.29) is 12.5 Å². The zero-order valence-corrected chi connectivity index (χ0v) is 13.9. The van der Waals surface area contributed by atoms with Crippen LogP contribution in [0.1, 0.15) is 30.9 Å². The van der Waals surface area contributed by atoms with E-state index < -0.39 is 0 Å². The van der Waals surface area contributed by atoms with Crippen LogP contribution >= 0.6 is 0 Å². The maximum Gasteiger partial charge on any atom is 0.262 e. The van der Waals surface area contributed by atoms with E-state index in [1.165, 1.54) is 11.8 Å². The summed E-state index contributed by atoms with van der Waals surface area (Å²) in [6.45, 7) is 6.30. The number of aryl methyl sites for hydroxylation is 1. The van der Waals surface area contributed by atoms with Crippen LogP contribution in [0.15, 0.2) is 36.5 Å². The third kappa shape index (κ3) is 4.71. The standard InChI is InChI=1S/C18H22N2O3/c1-12(2)16-7-6-15(9-13(16)3)23-11-17(21)20-14-5-8-18(22-4)19-10-14/h5-10,12H,11H2,1-4H3,(H,20,21). The van der Waals surface area contributed by atoms with Gasteiger partial charge in [0.1, 0.15) is 5.75 Å². The van der Waals surface area contributed by atoms with E-state index in [9.17, 15) is 4.79 Å². The van der Waals surface area contributed by atoms with E-state index in [1.807, 2.05) is 25.1 Å². The Morgan fingerprint density at radius 3 is 2.61 bits per heavy atom. The number of anilines is 1. The number of pyridine rings is 1. The second-order valence-corrected chi connectivity index (χ2v) is 5.60. The third-order valence-corrected chi connectivity index (χ3v) is 3.46. The molecule has 1 aromatic carbocycles. The number of nitrogens with zero attached hydrogens (tertiary/aromatic N) is 1. The smallest absolute Gasteiger partial charge is 0.262 e. The second kappa shape index (κ2) is 7.63. The molecular weight excluding hydrogens is 292 g/mol. The van der Waals surface area contributed by atoms with Gasteiger partial charge in [0.15, 0.2) is 6.61 Å². The summed E-state index contributed by atoms with van der Waals surface area (Å²) >= 11 is 0. The zero-order chi connectivity index (χ0) is 16.8. The van der Waals surface area contributed by atoms with Gasteiger partial charge in [-0.15, -0.1) is 0 Å². The van der Waals surface area contributed by atoms with Crippen molar-refractivity contribution in [2.45, 2.75) is 26.7 Å². The molecule has 0 unspecified atom stereocenters. The van der Waals surface area contributed by atoms with Gasteiger partial charge in [-0.05, 0) is 42.2 Å². The largest absolute Gasteiger partial charge is 0.484 e. The van der Waals surface area contributed by atoms with Crippen LogP contribution in [0, 0.1) is 6.92 Å². The Hall–Kier alpha value is -2.56. The SMILES string of the molecule is COc1ccc(NC(=O)COc2ccc(C(C)C)c(C)c2)cn1. The predicted octanol–water partition coefficient (Wildman–Crippen LogP) is 3.54. The summed E-state index contributed by atoms with van der Waals surface area (Å²) in [4.78, 5) is 15.9. The number of hydrogen-bond donors (Lipinski definition) is 1. The van der Waals surface area contributed by atoms with Crippen LogP contribution in [0.2, 0.25) is 0 Å². The van der Waals surface area contributed by atoms with Crippen LogP contribution in [-0.4, -0.2) is 24.6 Å². The van der Waals surface area contributed by atoms with Gasteiger partial charge in [-0.2, -0.15) is 0 Å². The van der Waals surface area contributed by atoms with Gasteiger partial charge >= 0.3 is 0 Å². The molecular formula is C18H22N2O3. The van der Waals surface area contributed by atoms with Crippen molar-refractivity contribution < 1.29 is 14.3 Å². The number of rotatable bonds is 6. The molecule has 0 saturated carbocycles. The summed E-state index contributed by atoms with van der Waals surface area (Å²) in [5, 5.41) is 2.73. The van der Waals surface area contributed by atoms with E-state index in [4.69, 9.17) is 9.47 Å². The number of nitrogens with one attached hydrogen (secondary N) is 1. The summed E-state index contributed by atoms with van der Waals surface area (Å²) in [5.74, 6) is 1.42. The maximum absolute atomic E-state index is 11.9. The molecule has 1 heterocycles. The highest BCUT2D eigenvalue weighted by molar-refractivity contribution is 5.91. The minimum atomic E-state index is -0.234. The first-order valence-electron chi connectivity index (χ1n) is 7.53. The number of methoxy groups -OCH3 is 1. The van der Waals surface area contributed by atoms with Crippen LogP contribution in [0.5, 0.6) is 11.6 Å². The van der Waals surface area contributed by atoms with E-state index in [0.29, 0.717) is 23.2 Å². The van der Waals surface area contributed by atoms with Crippen LogP contribution in [0.3, 0.4) is 0 Å². The first-order chi connectivity index (χ1) is 11.0. The average Bonchev–Trinajstić information content (AvgIpc) is 2.53. The number of carbonyl (C=O) groups excluding carboxylic acids is 1. The number of carbonyl (C=O) groups is 1. The Kier molecular flexibility index (Phi) is 5.57. The molecule has 0 spiro atoms. The third-order valence-electron chi connectivity index (χ3n) is 3.46.